The molecular formula is C17H21ClN6O2. The lowest BCUT2D eigenvalue weighted by Gasteiger charge is -2.27. The fourth-order valence-electron chi connectivity index (χ4n) is 3.28. The smallest absolute Gasteiger partial charge is 0.134 e. The topological polar surface area (TPSA) is 85.1 Å². The molecule has 1 aliphatic rings. The van der Waals surface area contributed by atoms with Crippen LogP contribution in [0.15, 0.2) is 16.7 Å². The van der Waals surface area contributed by atoms with Gasteiger partial charge >= 0.3 is 0 Å². The minimum absolute atomic E-state index is 0.559. The van der Waals surface area contributed by atoms with Gasteiger partial charge in [0.15, 0.2) is 0 Å². The molecule has 0 radical (unpaired) electrons. The van der Waals surface area contributed by atoms with Crippen molar-refractivity contribution in [3.63, 3.8) is 0 Å². The summed E-state index contributed by atoms with van der Waals surface area (Å²) in [6.07, 6.45) is -0.559. The SMILES string of the molecule is Cc1cc(-c2nn(C)c(Cl)c2CN2CCn3nc(C(C)O)cc3C2)no1. The summed E-state index contributed by atoms with van der Waals surface area (Å²) in [6.45, 7) is 6.60. The minimum atomic E-state index is -0.559. The molecule has 1 N–H and O–H groups in total. The molecule has 4 heterocycles. The molecule has 1 aliphatic heterocycles. The van der Waals surface area contributed by atoms with Gasteiger partial charge < -0.3 is 9.63 Å². The third kappa shape index (κ3) is 3.04. The standard InChI is InChI=1S/C17H21ClN6O2/c1-10-6-15(21-26-10)16-13(17(18)22(3)20-16)9-23-4-5-24-12(8-23)7-14(19-24)11(2)25/h6-7,11,25H,4-5,8-9H2,1-3H3. The molecular weight excluding hydrogens is 356 g/mol. The van der Waals surface area contributed by atoms with E-state index in [4.69, 9.17) is 16.1 Å². The van der Waals surface area contributed by atoms with Gasteiger partial charge in [0.25, 0.3) is 0 Å². The van der Waals surface area contributed by atoms with Crippen molar-refractivity contribution < 1.29 is 9.63 Å². The van der Waals surface area contributed by atoms with Crippen LogP contribution in [0.2, 0.25) is 5.15 Å². The molecule has 3 aromatic heterocycles. The predicted molar refractivity (Wildman–Crippen MR) is 95.4 cm³/mol. The van der Waals surface area contributed by atoms with Crippen LogP contribution in [0.3, 0.4) is 0 Å². The maximum Gasteiger partial charge on any atom is 0.134 e. The Kier molecular flexibility index (Phi) is 4.34. The number of aliphatic hydroxyl groups is 1. The van der Waals surface area contributed by atoms with E-state index in [0.29, 0.717) is 23.1 Å². The van der Waals surface area contributed by atoms with Crippen molar-refractivity contribution in [1.29, 1.82) is 0 Å². The van der Waals surface area contributed by atoms with Crippen molar-refractivity contribution in [3.8, 4) is 11.4 Å². The van der Waals surface area contributed by atoms with Crippen molar-refractivity contribution in [3.05, 3.63) is 40.0 Å². The zero-order valence-corrected chi connectivity index (χ0v) is 15.7. The molecule has 3 aromatic rings. The van der Waals surface area contributed by atoms with E-state index in [0.717, 1.165) is 42.3 Å². The van der Waals surface area contributed by atoms with Crippen molar-refractivity contribution >= 4 is 11.6 Å². The molecule has 0 amide bonds. The highest BCUT2D eigenvalue weighted by Crippen LogP contribution is 2.30. The van der Waals surface area contributed by atoms with E-state index in [9.17, 15) is 5.11 Å². The van der Waals surface area contributed by atoms with E-state index in [1.165, 1.54) is 0 Å². The highest BCUT2D eigenvalue weighted by Gasteiger charge is 2.25. The molecule has 0 spiro atoms. The van der Waals surface area contributed by atoms with Crippen LogP contribution in [0.1, 0.15) is 35.7 Å². The fraction of sp³-hybridized carbons (Fsp3) is 0.471. The molecule has 4 rings (SSSR count). The molecule has 138 valence electrons. The molecule has 0 fully saturated rings. The predicted octanol–water partition coefficient (Wildman–Crippen LogP) is 2.30. The lowest BCUT2D eigenvalue weighted by Crippen LogP contribution is -2.33. The molecule has 0 aliphatic carbocycles. The van der Waals surface area contributed by atoms with Crippen LogP contribution in [0, 0.1) is 6.92 Å². The van der Waals surface area contributed by atoms with E-state index < -0.39 is 6.10 Å². The Labute approximate surface area is 155 Å². The lowest BCUT2D eigenvalue weighted by atomic mass is 10.1. The summed E-state index contributed by atoms with van der Waals surface area (Å²) in [5.41, 5.74) is 4.17. The van der Waals surface area contributed by atoms with Gasteiger partial charge in [-0.2, -0.15) is 10.2 Å². The Hall–Kier alpha value is -2.16. The third-order valence-electron chi connectivity index (χ3n) is 4.65. The molecule has 0 bridgehead atoms. The number of aliphatic hydroxyl groups excluding tert-OH is 1. The van der Waals surface area contributed by atoms with E-state index >= 15 is 0 Å². The first-order valence-electron chi connectivity index (χ1n) is 8.54. The van der Waals surface area contributed by atoms with Gasteiger partial charge in [-0.25, -0.2) is 0 Å². The Bertz CT molecular complexity index is 941. The molecule has 9 heteroatoms. The molecule has 26 heavy (non-hydrogen) atoms. The summed E-state index contributed by atoms with van der Waals surface area (Å²) in [7, 11) is 1.82. The second-order valence-corrected chi connectivity index (χ2v) is 7.09. The average Bonchev–Trinajstić information content (AvgIpc) is 3.28. The van der Waals surface area contributed by atoms with E-state index in [1.807, 2.05) is 30.8 Å². The number of aromatic nitrogens is 5. The molecule has 1 atom stereocenters. The van der Waals surface area contributed by atoms with E-state index in [2.05, 4.69) is 20.3 Å². The largest absolute Gasteiger partial charge is 0.387 e. The van der Waals surface area contributed by atoms with Crippen molar-refractivity contribution in [2.45, 2.75) is 39.6 Å². The fourth-order valence-corrected chi connectivity index (χ4v) is 3.46. The number of nitrogens with zero attached hydrogens (tertiary/aromatic N) is 6. The molecule has 0 aromatic carbocycles. The molecule has 0 saturated heterocycles. The summed E-state index contributed by atoms with van der Waals surface area (Å²) < 4.78 is 8.82. The first-order chi connectivity index (χ1) is 12.4. The normalized spacial score (nSPS) is 16.0. The van der Waals surface area contributed by atoms with Gasteiger partial charge in [-0.05, 0) is 19.9 Å². The van der Waals surface area contributed by atoms with Crippen molar-refractivity contribution in [2.75, 3.05) is 6.54 Å². The van der Waals surface area contributed by atoms with Gasteiger partial charge in [-0.15, -0.1) is 0 Å². The Morgan fingerprint density at radius 3 is 2.81 bits per heavy atom. The van der Waals surface area contributed by atoms with Crippen LogP contribution >= 0.6 is 11.6 Å². The van der Waals surface area contributed by atoms with Crippen LogP contribution in [0.4, 0.5) is 0 Å². The Morgan fingerprint density at radius 2 is 2.12 bits per heavy atom. The molecule has 8 nitrogen and oxygen atoms in total. The summed E-state index contributed by atoms with van der Waals surface area (Å²) >= 11 is 6.50. The second-order valence-electron chi connectivity index (χ2n) is 6.73. The lowest BCUT2D eigenvalue weighted by molar-refractivity contribution is 0.189. The van der Waals surface area contributed by atoms with E-state index in [-0.39, 0.29) is 0 Å². The first-order valence-corrected chi connectivity index (χ1v) is 8.92. The van der Waals surface area contributed by atoms with Gasteiger partial charge in [-0.1, -0.05) is 16.8 Å². The van der Waals surface area contributed by atoms with Crippen molar-refractivity contribution in [2.24, 2.45) is 7.05 Å². The van der Waals surface area contributed by atoms with Gasteiger partial charge in [0, 0.05) is 38.3 Å². The zero-order chi connectivity index (χ0) is 18.4. The highest BCUT2D eigenvalue weighted by atomic mass is 35.5. The van der Waals surface area contributed by atoms with Crippen LogP contribution in [0.5, 0.6) is 0 Å². The third-order valence-corrected chi connectivity index (χ3v) is 5.12. The van der Waals surface area contributed by atoms with Crippen molar-refractivity contribution in [1.82, 2.24) is 29.6 Å². The van der Waals surface area contributed by atoms with E-state index in [1.54, 1.807) is 11.6 Å². The number of hydrogen-bond donors (Lipinski definition) is 1. The summed E-state index contributed by atoms with van der Waals surface area (Å²) in [4.78, 5) is 2.29. The van der Waals surface area contributed by atoms with Gasteiger partial charge in [0.2, 0.25) is 0 Å². The Morgan fingerprint density at radius 1 is 1.31 bits per heavy atom. The number of hydrogen-bond acceptors (Lipinski definition) is 6. The first kappa shape index (κ1) is 17.3. The van der Waals surface area contributed by atoms with Gasteiger partial charge in [-0.3, -0.25) is 14.3 Å². The molecule has 0 saturated carbocycles. The van der Waals surface area contributed by atoms with Crippen LogP contribution in [0.25, 0.3) is 11.4 Å². The minimum Gasteiger partial charge on any atom is -0.387 e. The van der Waals surface area contributed by atoms with Crippen LogP contribution in [-0.4, -0.2) is 41.3 Å². The quantitative estimate of drug-likeness (QED) is 0.752. The van der Waals surface area contributed by atoms with Crippen LogP contribution in [-0.2, 0) is 26.7 Å². The number of rotatable bonds is 4. The number of fused-ring (bicyclic) bond motifs is 1. The number of aryl methyl sites for hydroxylation is 2. The van der Waals surface area contributed by atoms with Gasteiger partial charge in [0.1, 0.15) is 22.3 Å². The monoisotopic (exact) mass is 376 g/mol. The average molecular weight is 377 g/mol. The maximum absolute atomic E-state index is 9.74. The summed E-state index contributed by atoms with van der Waals surface area (Å²) in [6, 6.07) is 3.83. The summed E-state index contributed by atoms with van der Waals surface area (Å²) in [5.74, 6) is 0.736. The maximum atomic E-state index is 9.74. The van der Waals surface area contributed by atoms with Crippen LogP contribution < -0.4 is 0 Å². The van der Waals surface area contributed by atoms with Gasteiger partial charge in [0.05, 0.1) is 24.0 Å². The second kappa shape index (κ2) is 6.53. The Balaban J connectivity index is 1.60. The summed E-state index contributed by atoms with van der Waals surface area (Å²) in [5, 5.41) is 23.4. The zero-order valence-electron chi connectivity index (χ0n) is 15.0. The number of halogens is 1. The highest BCUT2D eigenvalue weighted by molar-refractivity contribution is 6.30. The molecule has 1 unspecified atom stereocenters.